The Morgan fingerprint density at radius 3 is 2.12 bits per heavy atom. The zero-order valence-corrected chi connectivity index (χ0v) is 22.2. The average Bonchev–Trinajstić information content (AvgIpc) is 2.84. The third-order valence-corrected chi connectivity index (χ3v) is 7.56. The summed E-state index contributed by atoms with van der Waals surface area (Å²) in [4.78, 5) is 7.05. The second kappa shape index (κ2) is 11.0. The minimum Gasteiger partial charge on any atom is -0.491 e. The largest absolute Gasteiger partial charge is 0.491 e. The van der Waals surface area contributed by atoms with Gasteiger partial charge in [0.25, 0.3) is 0 Å². The Hall–Kier alpha value is -2.25. The predicted molar refractivity (Wildman–Crippen MR) is 140 cm³/mol. The van der Waals surface area contributed by atoms with Crippen molar-refractivity contribution in [2.24, 2.45) is 0 Å². The number of hydrogen-bond acceptors (Lipinski definition) is 7. The number of nitrogens with one attached hydrogen (secondary N) is 2. The van der Waals surface area contributed by atoms with Crippen LogP contribution in [0.3, 0.4) is 0 Å². The van der Waals surface area contributed by atoms with E-state index in [1.54, 1.807) is 0 Å². The first kappa shape index (κ1) is 26.4. The van der Waals surface area contributed by atoms with E-state index in [9.17, 15) is 0 Å². The summed E-state index contributed by atoms with van der Waals surface area (Å²) < 4.78 is 5.71. The third kappa shape index (κ3) is 6.66. The summed E-state index contributed by atoms with van der Waals surface area (Å²) in [6.07, 6.45) is 6.07. The van der Waals surface area contributed by atoms with E-state index in [0.717, 1.165) is 68.3 Å². The minimum absolute atomic E-state index is 0.0398. The Morgan fingerprint density at radius 2 is 1.59 bits per heavy atom. The molecule has 3 rings (SSSR count). The molecule has 0 saturated carbocycles. The van der Waals surface area contributed by atoms with Gasteiger partial charge in [-0.05, 0) is 71.0 Å². The number of ether oxygens (including phenoxy) is 1. The van der Waals surface area contributed by atoms with Crippen LogP contribution in [0.15, 0.2) is 30.5 Å². The Kier molecular flexibility index (Phi) is 8.52. The van der Waals surface area contributed by atoms with Crippen molar-refractivity contribution in [1.82, 2.24) is 25.8 Å². The number of pyridine rings is 1. The zero-order valence-electron chi connectivity index (χ0n) is 22.2. The summed E-state index contributed by atoms with van der Waals surface area (Å²) in [6.45, 7) is 14.8. The summed E-state index contributed by atoms with van der Waals surface area (Å²) in [5, 5.41) is 15.8. The van der Waals surface area contributed by atoms with Crippen LogP contribution in [0.2, 0.25) is 0 Å². The molecule has 7 nitrogen and oxygen atoms in total. The lowest BCUT2D eigenvalue weighted by atomic mass is 9.75. The summed E-state index contributed by atoms with van der Waals surface area (Å²) in [5.74, 6) is 1.80. The molecule has 1 aliphatic heterocycles. The van der Waals surface area contributed by atoms with Gasteiger partial charge in [0.2, 0.25) is 0 Å². The first-order valence-corrected chi connectivity index (χ1v) is 12.6. The highest BCUT2D eigenvalue weighted by molar-refractivity contribution is 5.39. The van der Waals surface area contributed by atoms with E-state index >= 15 is 0 Å². The van der Waals surface area contributed by atoms with Gasteiger partial charge >= 0.3 is 0 Å². The molecule has 0 radical (unpaired) electrons. The van der Waals surface area contributed by atoms with E-state index in [1.165, 1.54) is 0 Å². The second-order valence-electron chi connectivity index (χ2n) is 11.2. The highest BCUT2D eigenvalue weighted by atomic mass is 16.5. The van der Waals surface area contributed by atoms with E-state index in [0.29, 0.717) is 6.61 Å². The second-order valence-corrected chi connectivity index (χ2v) is 11.2. The molecular formula is C27H44N6O. The number of hydrogen-bond donors (Lipinski definition) is 2. The van der Waals surface area contributed by atoms with Crippen LogP contribution >= 0.6 is 0 Å². The molecule has 188 valence electrons. The van der Waals surface area contributed by atoms with Crippen LogP contribution < -0.4 is 20.3 Å². The van der Waals surface area contributed by atoms with Crippen LogP contribution in [-0.4, -0.2) is 61.1 Å². The van der Waals surface area contributed by atoms with Gasteiger partial charge in [-0.15, -0.1) is 5.10 Å². The fourth-order valence-electron chi connectivity index (χ4n) is 4.35. The Bertz CT molecular complexity index is 886. The van der Waals surface area contributed by atoms with Gasteiger partial charge in [-0.1, -0.05) is 27.7 Å². The standard InChI is InChI=1S/C27H44N6O/c1-25(2,22-9-8-21(20-30-22)34-19-16-28-6)12-13-26(3,4)23-10-11-24(32-31-23)33-17-14-27(5,29-7)15-18-33/h8-11,20,28-29H,12-19H2,1-7H3. The van der Waals surface area contributed by atoms with E-state index < -0.39 is 0 Å². The normalized spacial score (nSPS) is 16.5. The third-order valence-electron chi connectivity index (χ3n) is 7.56. The number of likely N-dealkylation sites (N-methyl/N-ethyl adjacent to an activating group) is 1. The van der Waals surface area contributed by atoms with E-state index in [-0.39, 0.29) is 16.4 Å². The molecule has 0 amide bonds. The first-order valence-electron chi connectivity index (χ1n) is 12.6. The molecule has 0 bridgehead atoms. The van der Waals surface area contributed by atoms with Gasteiger partial charge in [-0.3, -0.25) is 4.98 Å². The van der Waals surface area contributed by atoms with Crippen LogP contribution in [-0.2, 0) is 10.8 Å². The van der Waals surface area contributed by atoms with Crippen molar-refractivity contribution in [3.63, 3.8) is 0 Å². The lowest BCUT2D eigenvalue weighted by molar-refractivity contribution is 0.304. The van der Waals surface area contributed by atoms with Gasteiger partial charge in [0.1, 0.15) is 12.4 Å². The molecule has 2 N–H and O–H groups in total. The van der Waals surface area contributed by atoms with E-state index in [1.807, 2.05) is 19.3 Å². The van der Waals surface area contributed by atoms with Gasteiger partial charge in [0.05, 0.1) is 11.9 Å². The molecule has 1 fully saturated rings. The van der Waals surface area contributed by atoms with Crippen molar-refractivity contribution in [3.8, 4) is 5.75 Å². The van der Waals surface area contributed by atoms with Crippen molar-refractivity contribution in [2.75, 3.05) is 45.2 Å². The van der Waals surface area contributed by atoms with Crippen molar-refractivity contribution < 1.29 is 4.74 Å². The summed E-state index contributed by atoms with van der Waals surface area (Å²) >= 11 is 0. The molecule has 1 aliphatic rings. The molecule has 0 unspecified atom stereocenters. The Labute approximate surface area is 206 Å². The van der Waals surface area contributed by atoms with Crippen LogP contribution in [0.5, 0.6) is 5.75 Å². The molecule has 0 aromatic carbocycles. The molecular weight excluding hydrogens is 424 g/mol. The maximum Gasteiger partial charge on any atom is 0.151 e. The fourth-order valence-corrected chi connectivity index (χ4v) is 4.35. The minimum atomic E-state index is -0.0639. The molecule has 0 spiro atoms. The van der Waals surface area contributed by atoms with E-state index in [4.69, 9.17) is 9.72 Å². The predicted octanol–water partition coefficient (Wildman–Crippen LogP) is 4.08. The van der Waals surface area contributed by atoms with Crippen molar-refractivity contribution >= 4 is 5.82 Å². The SMILES string of the molecule is CNCCOc1ccc(C(C)(C)CCC(C)(C)c2ccc(N3CCC(C)(NC)CC3)nn2)nc1. The lowest BCUT2D eigenvalue weighted by Gasteiger charge is -2.39. The van der Waals surface area contributed by atoms with Crippen LogP contribution in [0.4, 0.5) is 5.82 Å². The summed E-state index contributed by atoms with van der Waals surface area (Å²) in [7, 11) is 3.97. The number of nitrogens with zero attached hydrogens (tertiary/aromatic N) is 4. The summed E-state index contributed by atoms with van der Waals surface area (Å²) in [6, 6.07) is 8.42. The topological polar surface area (TPSA) is 75.2 Å². The molecule has 0 atom stereocenters. The van der Waals surface area contributed by atoms with Crippen LogP contribution in [0.25, 0.3) is 0 Å². The fraction of sp³-hybridized carbons (Fsp3) is 0.667. The maximum atomic E-state index is 5.71. The van der Waals surface area contributed by atoms with Gasteiger partial charge in [0, 0.05) is 41.7 Å². The highest BCUT2D eigenvalue weighted by Crippen LogP contribution is 2.35. The molecule has 34 heavy (non-hydrogen) atoms. The van der Waals surface area contributed by atoms with Crippen molar-refractivity contribution in [3.05, 3.63) is 41.9 Å². The Balaban J connectivity index is 1.57. The number of rotatable bonds is 11. The Morgan fingerprint density at radius 1 is 0.941 bits per heavy atom. The zero-order chi connectivity index (χ0) is 24.8. The van der Waals surface area contributed by atoms with Gasteiger partial charge in [-0.25, -0.2) is 0 Å². The highest BCUT2D eigenvalue weighted by Gasteiger charge is 2.31. The number of anilines is 1. The quantitative estimate of drug-likeness (QED) is 0.481. The van der Waals surface area contributed by atoms with Gasteiger partial charge in [0.15, 0.2) is 5.82 Å². The van der Waals surface area contributed by atoms with Crippen molar-refractivity contribution in [1.29, 1.82) is 0 Å². The molecule has 1 saturated heterocycles. The average molecular weight is 469 g/mol. The number of aromatic nitrogens is 3. The van der Waals surface area contributed by atoms with Gasteiger partial charge in [-0.2, -0.15) is 5.10 Å². The molecule has 3 heterocycles. The molecule has 7 heteroatoms. The monoisotopic (exact) mass is 468 g/mol. The van der Waals surface area contributed by atoms with Gasteiger partial charge < -0.3 is 20.3 Å². The maximum absolute atomic E-state index is 5.71. The summed E-state index contributed by atoms with van der Waals surface area (Å²) in [5.41, 5.74) is 2.26. The lowest BCUT2D eigenvalue weighted by Crippen LogP contribution is -2.50. The van der Waals surface area contributed by atoms with Crippen LogP contribution in [0, 0.1) is 0 Å². The molecule has 2 aromatic rings. The van der Waals surface area contributed by atoms with Crippen LogP contribution in [0.1, 0.15) is 71.7 Å². The molecule has 0 aliphatic carbocycles. The number of piperidine rings is 1. The van der Waals surface area contributed by atoms with E-state index in [2.05, 4.69) is 85.6 Å². The van der Waals surface area contributed by atoms with Crippen molar-refractivity contribution in [2.45, 2.75) is 76.7 Å². The molecule has 2 aromatic heterocycles. The smallest absolute Gasteiger partial charge is 0.151 e. The first-order chi connectivity index (χ1) is 16.1.